The van der Waals surface area contributed by atoms with Crippen LogP contribution in [0.4, 0.5) is 4.79 Å². The summed E-state index contributed by atoms with van der Waals surface area (Å²) in [5.74, 6) is 0.313. The molecule has 6 heteroatoms. The minimum atomic E-state index is -0.467. The first-order chi connectivity index (χ1) is 12.5. The van der Waals surface area contributed by atoms with Crippen molar-refractivity contribution in [3.05, 3.63) is 35.9 Å². The van der Waals surface area contributed by atoms with Crippen molar-refractivity contribution < 1.29 is 14.3 Å². The van der Waals surface area contributed by atoms with E-state index in [0.29, 0.717) is 19.1 Å². The van der Waals surface area contributed by atoms with Gasteiger partial charge in [-0.3, -0.25) is 4.79 Å². The van der Waals surface area contributed by atoms with E-state index in [1.54, 1.807) is 11.8 Å². The van der Waals surface area contributed by atoms with Crippen molar-refractivity contribution in [3.8, 4) is 0 Å². The van der Waals surface area contributed by atoms with Crippen LogP contribution in [-0.4, -0.2) is 53.5 Å². The summed E-state index contributed by atoms with van der Waals surface area (Å²) in [5.41, 5.74) is 6.79. The molecule has 1 saturated carbocycles. The summed E-state index contributed by atoms with van der Waals surface area (Å²) in [7, 11) is 0. The van der Waals surface area contributed by atoms with Crippen LogP contribution in [0.15, 0.2) is 30.3 Å². The van der Waals surface area contributed by atoms with Crippen molar-refractivity contribution in [2.24, 2.45) is 11.7 Å². The molecule has 1 saturated heterocycles. The highest BCUT2D eigenvalue weighted by Crippen LogP contribution is 2.30. The topological polar surface area (TPSA) is 75.9 Å². The van der Waals surface area contributed by atoms with E-state index in [9.17, 15) is 9.59 Å². The van der Waals surface area contributed by atoms with Crippen LogP contribution in [-0.2, 0) is 16.1 Å². The minimum Gasteiger partial charge on any atom is -0.445 e. The molecule has 1 aliphatic heterocycles. The molecular weight excluding hydrogens is 330 g/mol. The molecular formula is C20H29N3O3. The summed E-state index contributed by atoms with van der Waals surface area (Å²) in [6, 6.07) is 9.57. The Kier molecular flexibility index (Phi) is 6.14. The number of nitrogens with two attached hydrogens (primary N) is 1. The highest BCUT2D eigenvalue weighted by atomic mass is 16.6. The molecule has 0 radical (unpaired) electrons. The van der Waals surface area contributed by atoms with E-state index >= 15 is 0 Å². The molecule has 1 aromatic rings. The third-order valence-electron chi connectivity index (χ3n) is 5.10. The average molecular weight is 359 g/mol. The van der Waals surface area contributed by atoms with E-state index < -0.39 is 6.04 Å². The van der Waals surface area contributed by atoms with Gasteiger partial charge in [0, 0.05) is 25.7 Å². The lowest BCUT2D eigenvalue weighted by molar-refractivity contribution is -0.133. The fourth-order valence-corrected chi connectivity index (χ4v) is 3.54. The van der Waals surface area contributed by atoms with Crippen molar-refractivity contribution in [1.82, 2.24) is 9.80 Å². The van der Waals surface area contributed by atoms with Gasteiger partial charge in [0.15, 0.2) is 0 Å². The number of carbonyl (C=O) groups is 2. The number of hydrogen-bond donors (Lipinski definition) is 1. The zero-order valence-corrected chi connectivity index (χ0v) is 15.5. The Hall–Kier alpha value is -2.08. The van der Waals surface area contributed by atoms with Gasteiger partial charge >= 0.3 is 6.09 Å². The lowest BCUT2D eigenvalue weighted by Gasteiger charge is -2.35. The van der Waals surface area contributed by atoms with E-state index in [2.05, 4.69) is 0 Å². The quantitative estimate of drug-likeness (QED) is 0.846. The number of benzene rings is 1. The van der Waals surface area contributed by atoms with E-state index in [0.717, 1.165) is 37.8 Å². The average Bonchev–Trinajstić information content (AvgIpc) is 3.49. The molecule has 1 heterocycles. The monoisotopic (exact) mass is 359 g/mol. The zero-order valence-electron chi connectivity index (χ0n) is 15.5. The lowest BCUT2D eigenvalue weighted by Crippen LogP contribution is -2.49. The fourth-order valence-electron chi connectivity index (χ4n) is 3.54. The number of piperidine rings is 1. The second kappa shape index (κ2) is 8.54. The Balaban J connectivity index is 1.51. The molecule has 26 heavy (non-hydrogen) atoms. The molecule has 2 aliphatic rings. The molecule has 6 nitrogen and oxygen atoms in total. The normalized spacial score (nSPS) is 21.2. The number of hydrogen-bond acceptors (Lipinski definition) is 4. The summed E-state index contributed by atoms with van der Waals surface area (Å²) >= 11 is 0. The molecule has 2 amide bonds. The van der Waals surface area contributed by atoms with Gasteiger partial charge in [0.05, 0.1) is 6.04 Å². The smallest absolute Gasteiger partial charge is 0.410 e. The van der Waals surface area contributed by atoms with Crippen molar-refractivity contribution in [3.63, 3.8) is 0 Å². The number of amides is 2. The maximum Gasteiger partial charge on any atom is 0.410 e. The third kappa shape index (κ3) is 4.97. The zero-order chi connectivity index (χ0) is 18.5. The number of likely N-dealkylation sites (tertiary alicyclic amines) is 1. The van der Waals surface area contributed by atoms with Crippen molar-refractivity contribution >= 4 is 12.0 Å². The van der Waals surface area contributed by atoms with Crippen molar-refractivity contribution in [1.29, 1.82) is 0 Å². The largest absolute Gasteiger partial charge is 0.445 e. The van der Waals surface area contributed by atoms with Crippen LogP contribution in [0.25, 0.3) is 0 Å². The molecule has 2 atom stereocenters. The number of nitrogens with zero attached hydrogens (tertiary/aromatic N) is 2. The molecule has 1 aromatic carbocycles. The van der Waals surface area contributed by atoms with Gasteiger partial charge in [-0.05, 0) is 44.1 Å². The van der Waals surface area contributed by atoms with Crippen LogP contribution in [0.2, 0.25) is 0 Å². The summed E-state index contributed by atoms with van der Waals surface area (Å²) < 4.78 is 5.45. The van der Waals surface area contributed by atoms with E-state index in [-0.39, 0.29) is 24.5 Å². The highest BCUT2D eigenvalue weighted by molar-refractivity contribution is 5.81. The van der Waals surface area contributed by atoms with E-state index in [1.807, 2.05) is 35.2 Å². The van der Waals surface area contributed by atoms with E-state index in [4.69, 9.17) is 10.5 Å². The molecule has 142 valence electrons. The Morgan fingerprint density at radius 2 is 2.00 bits per heavy atom. The van der Waals surface area contributed by atoms with Crippen LogP contribution in [0.1, 0.15) is 38.2 Å². The predicted molar refractivity (Wildman–Crippen MR) is 99.3 cm³/mol. The molecule has 3 rings (SSSR count). The van der Waals surface area contributed by atoms with Crippen LogP contribution in [0.5, 0.6) is 0 Å². The first kappa shape index (κ1) is 18.7. The lowest BCUT2D eigenvalue weighted by atomic mass is 9.97. The molecule has 0 unspecified atom stereocenters. The summed E-state index contributed by atoms with van der Waals surface area (Å²) in [6.07, 6.45) is 3.82. The maximum atomic E-state index is 12.4. The number of carbonyl (C=O) groups excluding carboxylic acids is 2. The first-order valence-electron chi connectivity index (χ1n) is 9.56. The molecule has 2 fully saturated rings. The fraction of sp³-hybridized carbons (Fsp3) is 0.600. The minimum absolute atomic E-state index is 0.0243. The van der Waals surface area contributed by atoms with Gasteiger partial charge in [-0.25, -0.2) is 4.79 Å². The number of rotatable bonds is 6. The van der Waals surface area contributed by atoms with Crippen LogP contribution >= 0.6 is 0 Å². The second-order valence-electron chi connectivity index (χ2n) is 7.50. The molecule has 0 spiro atoms. The second-order valence-corrected chi connectivity index (χ2v) is 7.50. The Morgan fingerprint density at radius 3 is 2.65 bits per heavy atom. The van der Waals surface area contributed by atoms with Gasteiger partial charge < -0.3 is 20.3 Å². The summed E-state index contributed by atoms with van der Waals surface area (Å²) in [6.45, 7) is 4.08. The molecule has 0 bridgehead atoms. The number of ether oxygens (including phenoxy) is 1. The van der Waals surface area contributed by atoms with Gasteiger partial charge in [-0.2, -0.15) is 0 Å². The SMILES string of the molecule is C[C@H](N)C(=O)N(C[C@H]1CCCN(C(=O)OCc2ccccc2)C1)C1CC1. The van der Waals surface area contributed by atoms with Gasteiger partial charge in [0.2, 0.25) is 5.91 Å². The van der Waals surface area contributed by atoms with E-state index in [1.165, 1.54) is 0 Å². The molecule has 0 aromatic heterocycles. The first-order valence-corrected chi connectivity index (χ1v) is 9.56. The Labute approximate surface area is 155 Å². The van der Waals surface area contributed by atoms with Crippen molar-refractivity contribution in [2.75, 3.05) is 19.6 Å². The summed E-state index contributed by atoms with van der Waals surface area (Å²) in [5, 5.41) is 0. The van der Waals surface area contributed by atoms with Gasteiger partial charge in [-0.1, -0.05) is 30.3 Å². The summed E-state index contributed by atoms with van der Waals surface area (Å²) in [4.78, 5) is 28.5. The predicted octanol–water partition coefficient (Wildman–Crippen LogP) is 2.37. The molecule has 1 aliphatic carbocycles. The highest BCUT2D eigenvalue weighted by Gasteiger charge is 2.36. The third-order valence-corrected chi connectivity index (χ3v) is 5.10. The van der Waals surface area contributed by atoms with Gasteiger partial charge in [0.25, 0.3) is 0 Å². The van der Waals surface area contributed by atoms with Crippen LogP contribution in [0.3, 0.4) is 0 Å². The van der Waals surface area contributed by atoms with Crippen LogP contribution < -0.4 is 5.73 Å². The Morgan fingerprint density at radius 1 is 1.27 bits per heavy atom. The standard InChI is InChI=1S/C20H29N3O3/c1-15(21)19(24)23(18-9-10-18)13-17-8-5-11-22(12-17)20(25)26-14-16-6-3-2-4-7-16/h2-4,6-7,15,17-18H,5,8-14,21H2,1H3/t15-,17-/m0/s1. The maximum absolute atomic E-state index is 12.4. The van der Waals surface area contributed by atoms with Gasteiger partial charge in [0.1, 0.15) is 6.61 Å². The molecule has 2 N–H and O–H groups in total. The van der Waals surface area contributed by atoms with Gasteiger partial charge in [-0.15, -0.1) is 0 Å². The van der Waals surface area contributed by atoms with Crippen molar-refractivity contribution in [2.45, 2.75) is 51.3 Å². The van der Waals surface area contributed by atoms with Crippen LogP contribution in [0, 0.1) is 5.92 Å². The Bertz CT molecular complexity index is 616.